The van der Waals surface area contributed by atoms with Gasteiger partial charge in [-0.1, -0.05) is 81.5 Å². The van der Waals surface area contributed by atoms with E-state index in [2.05, 4.69) is 109 Å². The van der Waals surface area contributed by atoms with Crippen molar-refractivity contribution in [2.75, 3.05) is 23.9 Å². The fourth-order valence-corrected chi connectivity index (χ4v) is 18.0. The first kappa shape index (κ1) is 27.4. The molecule has 0 spiro atoms. The second-order valence-electron chi connectivity index (χ2n) is 8.66. The van der Waals surface area contributed by atoms with Gasteiger partial charge in [-0.3, -0.25) is 0 Å². The van der Waals surface area contributed by atoms with E-state index in [4.69, 9.17) is 0 Å². The number of rotatable bonds is 9. The maximum atomic E-state index is 2.35. The van der Waals surface area contributed by atoms with Gasteiger partial charge in [-0.05, 0) is 99.0 Å². The van der Waals surface area contributed by atoms with Crippen LogP contribution in [0.1, 0.15) is 11.1 Å². The van der Waals surface area contributed by atoms with Crippen molar-refractivity contribution in [2.45, 2.75) is 31.1 Å². The lowest BCUT2D eigenvalue weighted by Gasteiger charge is -2.29. The fourth-order valence-electron chi connectivity index (χ4n) is 4.39. The molecule has 0 fully saturated rings. The van der Waals surface area contributed by atoms with Crippen LogP contribution < -0.4 is 9.80 Å². The van der Waals surface area contributed by atoms with Crippen LogP contribution in [0.25, 0.3) is 0 Å². The number of hydrogen-bond acceptors (Lipinski definition) is 10. The summed E-state index contributed by atoms with van der Waals surface area (Å²) >= 11 is 3.73. The first-order chi connectivity index (χ1) is 18.7. The molecule has 10 heteroatoms. The van der Waals surface area contributed by atoms with E-state index < -0.39 is 0 Å². The van der Waals surface area contributed by atoms with Crippen molar-refractivity contribution >= 4 is 107 Å². The summed E-state index contributed by atoms with van der Waals surface area (Å²) in [5.41, 5.74) is 7.94. The molecular weight excluding hydrogens is 621 g/mol. The Kier molecular flexibility index (Phi) is 9.28. The number of hydrogen-bond donors (Lipinski definition) is 0. The molecule has 0 radical (unpaired) electrons. The molecule has 0 saturated heterocycles. The van der Waals surface area contributed by atoms with Crippen LogP contribution in [0.3, 0.4) is 0 Å². The molecule has 38 heavy (non-hydrogen) atoms. The second-order valence-corrected chi connectivity index (χ2v) is 20.4. The fraction of sp³-hybridized carbons (Fsp3) is 0.143. The maximum absolute atomic E-state index is 2.35. The Morgan fingerprint density at radius 2 is 0.921 bits per heavy atom. The van der Waals surface area contributed by atoms with Crippen molar-refractivity contribution in [3.05, 3.63) is 96.1 Å². The zero-order chi connectivity index (χ0) is 25.9. The van der Waals surface area contributed by atoms with Gasteiger partial charge in [0.25, 0.3) is 0 Å². The van der Waals surface area contributed by atoms with E-state index in [0.29, 0.717) is 0 Å². The van der Waals surface area contributed by atoms with Crippen LogP contribution in [0.15, 0.2) is 105 Å². The van der Waals surface area contributed by atoms with Crippen molar-refractivity contribution in [3.63, 3.8) is 0 Å². The smallest absolute Gasteiger partial charge is 0.0553 e. The molecule has 0 amide bonds. The summed E-state index contributed by atoms with van der Waals surface area (Å²) < 4.78 is 0. The van der Waals surface area contributed by atoms with Gasteiger partial charge < -0.3 is 9.80 Å². The zero-order valence-corrected chi connectivity index (χ0v) is 27.2. The van der Waals surface area contributed by atoms with Gasteiger partial charge in [0.2, 0.25) is 0 Å². The number of benzene rings is 4. The third-order valence-corrected chi connectivity index (χ3v) is 19.3. The van der Waals surface area contributed by atoms with E-state index >= 15 is 0 Å². The number of anilines is 4. The standard InChI is InChI=1S/C28H24N2S8/c1-29-21-7-3-5-9-25(21)33-27-13-11-19(15-23(27)29)17-31-35-37-38-36-32-18-20-12-14-28-24(16-20)30(2)22-8-4-6-10-26(22)34-28/h3-16H,17-18H2,1-2H3. The molecule has 6 rings (SSSR count). The van der Waals surface area contributed by atoms with Crippen LogP contribution in [0.5, 0.6) is 0 Å². The Labute approximate surface area is 256 Å². The molecule has 2 aliphatic heterocycles. The molecule has 2 heterocycles. The van der Waals surface area contributed by atoms with E-state index in [1.165, 1.54) is 53.5 Å². The van der Waals surface area contributed by atoms with E-state index in [-0.39, 0.29) is 0 Å². The van der Waals surface area contributed by atoms with Gasteiger partial charge >= 0.3 is 0 Å². The third-order valence-electron chi connectivity index (χ3n) is 6.29. The normalized spacial score (nSPS) is 13.5. The summed E-state index contributed by atoms with van der Waals surface area (Å²) in [6, 6.07) is 31.1. The Balaban J connectivity index is 0.921. The molecule has 194 valence electrons. The van der Waals surface area contributed by atoms with Crippen LogP contribution >= 0.6 is 84.4 Å². The minimum absolute atomic E-state index is 1.01. The van der Waals surface area contributed by atoms with E-state index in [9.17, 15) is 0 Å². The van der Waals surface area contributed by atoms with Crippen LogP contribution in [-0.2, 0) is 11.5 Å². The maximum Gasteiger partial charge on any atom is 0.0553 e. The lowest BCUT2D eigenvalue weighted by atomic mass is 10.2. The summed E-state index contributed by atoms with van der Waals surface area (Å²) in [5, 5.41) is 0. The number of fused-ring (bicyclic) bond motifs is 4. The van der Waals surface area contributed by atoms with Gasteiger partial charge in [-0.15, -0.1) is 0 Å². The highest BCUT2D eigenvalue weighted by molar-refractivity contribution is 9.41. The monoisotopic (exact) mass is 644 g/mol. The Morgan fingerprint density at radius 3 is 1.39 bits per heavy atom. The molecule has 0 atom stereocenters. The molecule has 2 nitrogen and oxygen atoms in total. The van der Waals surface area contributed by atoms with E-state index in [1.54, 1.807) is 0 Å². The van der Waals surface area contributed by atoms with Crippen molar-refractivity contribution in [2.24, 2.45) is 0 Å². The Bertz CT molecular complexity index is 1340. The molecule has 0 saturated carbocycles. The van der Waals surface area contributed by atoms with Gasteiger partial charge in [0.1, 0.15) is 0 Å². The number of nitrogens with zero attached hydrogens (tertiary/aromatic N) is 2. The molecular formula is C28H24N2S8. The third kappa shape index (κ3) is 6.12. The summed E-state index contributed by atoms with van der Waals surface area (Å²) in [6.07, 6.45) is 0. The lowest BCUT2D eigenvalue weighted by Crippen LogP contribution is -2.14. The van der Waals surface area contributed by atoms with Crippen LogP contribution in [0, 0.1) is 0 Å². The topological polar surface area (TPSA) is 6.48 Å². The highest BCUT2D eigenvalue weighted by Crippen LogP contribution is 2.54. The molecule has 0 bridgehead atoms. The minimum atomic E-state index is 1.01. The first-order valence-corrected chi connectivity index (χ1v) is 21.3. The first-order valence-electron chi connectivity index (χ1n) is 11.9. The summed E-state index contributed by atoms with van der Waals surface area (Å²) in [5.74, 6) is 2.01. The molecule has 0 aliphatic carbocycles. The zero-order valence-electron chi connectivity index (χ0n) is 20.7. The van der Waals surface area contributed by atoms with Crippen LogP contribution in [-0.4, -0.2) is 14.1 Å². The highest BCUT2D eigenvalue weighted by Gasteiger charge is 2.21. The Hall–Kier alpha value is -0.720. The second kappa shape index (κ2) is 12.9. The predicted molar refractivity (Wildman–Crippen MR) is 183 cm³/mol. The Morgan fingerprint density at radius 1 is 0.500 bits per heavy atom. The largest absolute Gasteiger partial charge is 0.343 e. The molecule has 0 aromatic heterocycles. The van der Waals surface area contributed by atoms with Gasteiger partial charge in [-0.25, -0.2) is 0 Å². The average Bonchev–Trinajstić information content (AvgIpc) is 2.95. The predicted octanol–water partition coefficient (Wildman–Crippen LogP) is 11.8. The van der Waals surface area contributed by atoms with Gasteiger partial charge in [0, 0.05) is 45.2 Å². The molecule has 4 aromatic carbocycles. The van der Waals surface area contributed by atoms with Crippen molar-refractivity contribution in [1.82, 2.24) is 0 Å². The van der Waals surface area contributed by atoms with Crippen LogP contribution in [0.2, 0.25) is 0 Å². The molecule has 0 unspecified atom stereocenters. The van der Waals surface area contributed by atoms with Gasteiger partial charge in [0.05, 0.1) is 22.7 Å². The molecule has 2 aliphatic rings. The summed E-state index contributed by atoms with van der Waals surface area (Å²) in [4.78, 5) is 9.96. The van der Waals surface area contributed by atoms with Gasteiger partial charge in [-0.2, -0.15) is 0 Å². The molecule has 4 aromatic rings. The van der Waals surface area contributed by atoms with Crippen LogP contribution in [0.4, 0.5) is 22.7 Å². The van der Waals surface area contributed by atoms with E-state index in [1.807, 2.05) is 84.4 Å². The SMILES string of the molecule is CN1c2ccccc2Sc2ccc(CSSSSSSCc3ccc4c(c3)N(C)c3ccccc3S4)cc21. The lowest BCUT2D eigenvalue weighted by molar-refractivity contribution is 1.10. The molecule has 0 N–H and O–H groups in total. The quantitative estimate of drug-likeness (QED) is 0.128. The van der Waals surface area contributed by atoms with E-state index in [0.717, 1.165) is 11.5 Å². The summed E-state index contributed by atoms with van der Waals surface area (Å²) in [7, 11) is 15.6. The average molecular weight is 645 g/mol. The highest BCUT2D eigenvalue weighted by atomic mass is 33.9. The minimum Gasteiger partial charge on any atom is -0.343 e. The van der Waals surface area contributed by atoms with Crippen molar-refractivity contribution in [3.8, 4) is 0 Å². The van der Waals surface area contributed by atoms with Crippen molar-refractivity contribution < 1.29 is 0 Å². The number of para-hydroxylation sites is 2. The van der Waals surface area contributed by atoms with Gasteiger partial charge in [0.15, 0.2) is 0 Å². The summed E-state index contributed by atoms with van der Waals surface area (Å²) in [6.45, 7) is 0. The van der Waals surface area contributed by atoms with Crippen molar-refractivity contribution in [1.29, 1.82) is 0 Å².